The van der Waals surface area contributed by atoms with E-state index in [0.717, 1.165) is 35.3 Å². The summed E-state index contributed by atoms with van der Waals surface area (Å²) in [5.74, 6) is 0.377. The van der Waals surface area contributed by atoms with Crippen LogP contribution in [0, 0.1) is 19.8 Å². The third-order valence-corrected chi connectivity index (χ3v) is 6.93. The van der Waals surface area contributed by atoms with Crippen molar-refractivity contribution in [2.45, 2.75) is 51.3 Å². The molecule has 2 aromatic rings. The van der Waals surface area contributed by atoms with E-state index in [2.05, 4.69) is 12.2 Å². The number of benzene rings is 2. The number of thioether (sulfide) groups is 1. The van der Waals surface area contributed by atoms with Crippen molar-refractivity contribution < 1.29 is 9.59 Å². The summed E-state index contributed by atoms with van der Waals surface area (Å²) in [5.41, 5.74) is 3.69. The summed E-state index contributed by atoms with van der Waals surface area (Å²) in [6, 6.07) is 15.7. The van der Waals surface area contributed by atoms with Gasteiger partial charge in [0, 0.05) is 18.2 Å². The van der Waals surface area contributed by atoms with Crippen LogP contribution in [0.4, 0.5) is 11.4 Å². The molecule has 4 rings (SSSR count). The third kappa shape index (κ3) is 4.43. The van der Waals surface area contributed by atoms with Crippen LogP contribution >= 0.6 is 11.8 Å². The fourth-order valence-corrected chi connectivity index (χ4v) is 5.07. The molecule has 0 bridgehead atoms. The number of aliphatic imine (C=N–C) groups is 1. The topological polar surface area (TPSA) is 61.8 Å². The Hall–Kier alpha value is -2.60. The Morgan fingerprint density at radius 3 is 2.43 bits per heavy atom. The Kier molecular flexibility index (Phi) is 5.95. The molecule has 0 unspecified atom stereocenters. The van der Waals surface area contributed by atoms with Crippen molar-refractivity contribution in [1.29, 1.82) is 0 Å². The van der Waals surface area contributed by atoms with E-state index < -0.39 is 5.25 Å². The second-order valence-corrected chi connectivity index (χ2v) is 9.31. The lowest BCUT2D eigenvalue weighted by atomic mass is 10.1. The number of carbonyl (C=O) groups is 2. The number of rotatable bonds is 6. The van der Waals surface area contributed by atoms with Crippen LogP contribution in [0.2, 0.25) is 0 Å². The highest BCUT2D eigenvalue weighted by Gasteiger charge is 2.45. The highest BCUT2D eigenvalue weighted by molar-refractivity contribution is 8.15. The van der Waals surface area contributed by atoms with Crippen molar-refractivity contribution in [3.8, 4) is 0 Å². The zero-order valence-electron chi connectivity index (χ0n) is 17.6. The second kappa shape index (κ2) is 8.64. The minimum Gasteiger partial charge on any atom is -0.326 e. The lowest BCUT2D eigenvalue weighted by molar-refractivity contribution is -0.129. The largest absolute Gasteiger partial charge is 0.326 e. The molecule has 30 heavy (non-hydrogen) atoms. The number of amidine groups is 1. The SMILES string of the molecule is Cc1cccc(C)c1NC(=O)C[C@H]1SC(=Nc2ccccc2)N([C@H](C)C2CC2)C1=O. The average molecular weight is 422 g/mol. The van der Waals surface area contributed by atoms with Crippen LogP contribution in [0.3, 0.4) is 0 Å². The van der Waals surface area contributed by atoms with E-state index in [1.807, 2.05) is 67.3 Å². The van der Waals surface area contributed by atoms with Crippen LogP contribution in [-0.2, 0) is 9.59 Å². The Labute approximate surface area is 182 Å². The van der Waals surface area contributed by atoms with Gasteiger partial charge in [-0.05, 0) is 62.8 Å². The molecule has 2 atom stereocenters. The maximum absolute atomic E-state index is 13.2. The molecule has 1 aliphatic heterocycles. The molecule has 0 radical (unpaired) electrons. The molecule has 1 aliphatic carbocycles. The minimum atomic E-state index is -0.446. The zero-order valence-corrected chi connectivity index (χ0v) is 18.4. The first-order valence-electron chi connectivity index (χ1n) is 10.4. The third-order valence-electron chi connectivity index (χ3n) is 5.78. The van der Waals surface area contributed by atoms with Gasteiger partial charge in [0.2, 0.25) is 11.8 Å². The molecule has 1 heterocycles. The fraction of sp³-hybridized carbons (Fsp3) is 0.375. The summed E-state index contributed by atoms with van der Waals surface area (Å²) in [5, 5.41) is 3.26. The van der Waals surface area contributed by atoms with Gasteiger partial charge in [0.25, 0.3) is 0 Å². The summed E-state index contributed by atoms with van der Waals surface area (Å²) in [6.07, 6.45) is 2.43. The molecular weight excluding hydrogens is 394 g/mol. The van der Waals surface area contributed by atoms with Gasteiger partial charge in [-0.2, -0.15) is 0 Å². The van der Waals surface area contributed by atoms with Crippen molar-refractivity contribution in [1.82, 2.24) is 4.90 Å². The molecule has 156 valence electrons. The van der Waals surface area contributed by atoms with Gasteiger partial charge in [0.1, 0.15) is 5.25 Å². The molecule has 2 fully saturated rings. The van der Waals surface area contributed by atoms with Gasteiger partial charge >= 0.3 is 0 Å². The molecule has 2 aromatic carbocycles. The van der Waals surface area contributed by atoms with Crippen LogP contribution in [0.15, 0.2) is 53.5 Å². The van der Waals surface area contributed by atoms with E-state index in [1.54, 1.807) is 0 Å². The number of hydrogen-bond acceptors (Lipinski definition) is 4. The van der Waals surface area contributed by atoms with Crippen molar-refractivity contribution >= 4 is 40.1 Å². The molecule has 5 nitrogen and oxygen atoms in total. The zero-order chi connectivity index (χ0) is 21.3. The van der Waals surface area contributed by atoms with Gasteiger partial charge in [0.15, 0.2) is 5.17 Å². The van der Waals surface area contributed by atoms with Crippen LogP contribution in [-0.4, -0.2) is 33.2 Å². The summed E-state index contributed by atoms with van der Waals surface area (Å²) in [7, 11) is 0. The quantitative estimate of drug-likeness (QED) is 0.709. The summed E-state index contributed by atoms with van der Waals surface area (Å²) < 4.78 is 0. The summed E-state index contributed by atoms with van der Waals surface area (Å²) in [6.45, 7) is 6.04. The Morgan fingerprint density at radius 1 is 1.13 bits per heavy atom. The minimum absolute atomic E-state index is 0.00858. The standard InChI is InChI=1S/C24H27N3O2S/c1-15-8-7-9-16(2)22(15)26-21(28)14-20-23(29)27(17(3)18-12-13-18)24(30-20)25-19-10-5-4-6-11-19/h4-11,17-18,20H,12-14H2,1-3H3,(H,26,28)/t17-,20-/m1/s1. The van der Waals surface area contributed by atoms with E-state index >= 15 is 0 Å². The van der Waals surface area contributed by atoms with E-state index in [4.69, 9.17) is 4.99 Å². The fourth-order valence-electron chi connectivity index (χ4n) is 3.84. The average Bonchev–Trinajstić information content (AvgIpc) is 3.52. The highest BCUT2D eigenvalue weighted by atomic mass is 32.2. The molecule has 2 aliphatic rings. The van der Waals surface area contributed by atoms with Crippen molar-refractivity contribution in [3.05, 3.63) is 59.7 Å². The number of carbonyl (C=O) groups excluding carboxylic acids is 2. The number of aryl methyl sites for hydroxylation is 2. The van der Waals surface area contributed by atoms with E-state index in [1.165, 1.54) is 11.8 Å². The number of anilines is 1. The number of amides is 2. The van der Waals surface area contributed by atoms with Crippen molar-refractivity contribution in [2.24, 2.45) is 10.9 Å². The molecule has 1 N–H and O–H groups in total. The van der Waals surface area contributed by atoms with Crippen molar-refractivity contribution in [2.75, 3.05) is 5.32 Å². The van der Waals surface area contributed by atoms with Gasteiger partial charge < -0.3 is 5.32 Å². The number of hydrogen-bond donors (Lipinski definition) is 1. The summed E-state index contributed by atoms with van der Waals surface area (Å²) >= 11 is 1.41. The molecular formula is C24H27N3O2S. The van der Waals surface area contributed by atoms with Gasteiger partial charge in [0.05, 0.1) is 5.69 Å². The number of nitrogens with one attached hydrogen (secondary N) is 1. The molecule has 1 saturated heterocycles. The van der Waals surface area contributed by atoms with Gasteiger partial charge in [-0.1, -0.05) is 48.2 Å². The molecule has 2 amide bonds. The molecule has 0 aromatic heterocycles. The van der Waals surface area contributed by atoms with Crippen molar-refractivity contribution in [3.63, 3.8) is 0 Å². The van der Waals surface area contributed by atoms with Gasteiger partial charge in [-0.15, -0.1) is 0 Å². The predicted octanol–water partition coefficient (Wildman–Crippen LogP) is 5.06. The maximum atomic E-state index is 13.2. The van der Waals surface area contributed by atoms with E-state index in [0.29, 0.717) is 11.1 Å². The van der Waals surface area contributed by atoms with E-state index in [9.17, 15) is 9.59 Å². The normalized spacial score (nSPS) is 21.2. The molecule has 6 heteroatoms. The second-order valence-electron chi connectivity index (χ2n) is 8.14. The lowest BCUT2D eigenvalue weighted by Crippen LogP contribution is -2.41. The monoisotopic (exact) mass is 421 g/mol. The number of nitrogens with zero attached hydrogens (tertiary/aromatic N) is 2. The smallest absolute Gasteiger partial charge is 0.242 e. The maximum Gasteiger partial charge on any atom is 0.242 e. The first-order chi connectivity index (χ1) is 14.4. The lowest BCUT2D eigenvalue weighted by Gasteiger charge is -2.24. The van der Waals surface area contributed by atoms with Crippen LogP contribution in [0.1, 0.15) is 37.3 Å². The first kappa shape index (κ1) is 20.7. The Bertz CT molecular complexity index is 965. The Morgan fingerprint density at radius 2 is 1.80 bits per heavy atom. The van der Waals surface area contributed by atoms with E-state index in [-0.39, 0.29) is 24.3 Å². The highest BCUT2D eigenvalue weighted by Crippen LogP contribution is 2.41. The van der Waals surface area contributed by atoms with Gasteiger partial charge in [-0.3, -0.25) is 14.5 Å². The molecule has 1 saturated carbocycles. The van der Waals surface area contributed by atoms with Crippen LogP contribution < -0.4 is 5.32 Å². The first-order valence-corrected chi connectivity index (χ1v) is 11.3. The van der Waals surface area contributed by atoms with Crippen LogP contribution in [0.25, 0.3) is 0 Å². The molecule has 0 spiro atoms. The Balaban J connectivity index is 1.53. The van der Waals surface area contributed by atoms with Gasteiger partial charge in [-0.25, -0.2) is 4.99 Å². The van der Waals surface area contributed by atoms with Crippen LogP contribution in [0.5, 0.6) is 0 Å². The summed E-state index contributed by atoms with van der Waals surface area (Å²) in [4.78, 5) is 32.6. The number of para-hydroxylation sites is 2. The predicted molar refractivity (Wildman–Crippen MR) is 123 cm³/mol.